The molecule has 2 aliphatic rings. The molecule has 0 unspecified atom stereocenters. The highest BCUT2D eigenvalue weighted by atomic mass is 127. The Morgan fingerprint density at radius 1 is 1.25 bits per heavy atom. The summed E-state index contributed by atoms with van der Waals surface area (Å²) in [4.78, 5) is 4.40. The Kier molecular flexibility index (Phi) is 5.69. The van der Waals surface area contributed by atoms with Crippen LogP contribution in [-0.2, 0) is 12.8 Å². The fourth-order valence-electron chi connectivity index (χ4n) is 2.82. The van der Waals surface area contributed by atoms with Crippen LogP contribution in [0, 0.1) is 5.92 Å². The van der Waals surface area contributed by atoms with Crippen molar-refractivity contribution in [3.05, 3.63) is 29.3 Å². The Morgan fingerprint density at radius 2 is 2.05 bits per heavy atom. The Hall–Kier alpha value is -0.780. The van der Waals surface area contributed by atoms with Gasteiger partial charge in [-0.1, -0.05) is 18.9 Å². The van der Waals surface area contributed by atoms with Crippen LogP contribution in [0.4, 0.5) is 5.69 Å². The van der Waals surface area contributed by atoms with Gasteiger partial charge in [0.25, 0.3) is 0 Å². The molecule has 0 aromatic heterocycles. The molecule has 2 aliphatic carbocycles. The molecular formula is C16H24IN3. The van der Waals surface area contributed by atoms with E-state index >= 15 is 0 Å². The quantitative estimate of drug-likeness (QED) is 0.351. The lowest BCUT2D eigenvalue weighted by molar-refractivity contribution is 0.675. The van der Waals surface area contributed by atoms with Crippen molar-refractivity contribution in [2.75, 3.05) is 11.9 Å². The summed E-state index contributed by atoms with van der Waals surface area (Å²) in [6.07, 6.45) is 9.03. The van der Waals surface area contributed by atoms with Crippen molar-refractivity contribution in [1.29, 1.82) is 0 Å². The first-order valence-corrected chi connectivity index (χ1v) is 7.50. The number of anilines is 1. The van der Waals surface area contributed by atoms with Crippen LogP contribution < -0.4 is 11.1 Å². The Morgan fingerprint density at radius 3 is 2.85 bits per heavy atom. The van der Waals surface area contributed by atoms with Crippen molar-refractivity contribution in [2.45, 2.75) is 44.9 Å². The highest BCUT2D eigenvalue weighted by Crippen LogP contribution is 2.33. The summed E-state index contributed by atoms with van der Waals surface area (Å²) < 4.78 is 0. The smallest absolute Gasteiger partial charge is 0.193 e. The second-order valence-electron chi connectivity index (χ2n) is 5.81. The number of fused-ring (bicyclic) bond motifs is 1. The Labute approximate surface area is 138 Å². The molecule has 3 N–H and O–H groups in total. The average molecular weight is 385 g/mol. The van der Waals surface area contributed by atoms with Crippen LogP contribution in [0.15, 0.2) is 23.2 Å². The predicted molar refractivity (Wildman–Crippen MR) is 96.0 cm³/mol. The predicted octanol–water partition coefficient (Wildman–Crippen LogP) is 3.71. The summed E-state index contributed by atoms with van der Waals surface area (Å²) in [7, 11) is 0. The zero-order valence-corrected chi connectivity index (χ0v) is 14.2. The first-order valence-electron chi connectivity index (χ1n) is 7.50. The molecular weight excluding hydrogens is 361 g/mol. The summed E-state index contributed by atoms with van der Waals surface area (Å²) in [6, 6.07) is 6.54. The summed E-state index contributed by atoms with van der Waals surface area (Å²) in [6.45, 7) is 0.847. The van der Waals surface area contributed by atoms with E-state index in [0.717, 1.165) is 24.6 Å². The molecule has 0 bridgehead atoms. The molecule has 0 radical (unpaired) electrons. The molecule has 0 heterocycles. The molecule has 4 heteroatoms. The minimum Gasteiger partial charge on any atom is -0.370 e. The lowest BCUT2D eigenvalue weighted by Gasteiger charge is -2.08. The fraction of sp³-hybridized carbons (Fsp3) is 0.562. The van der Waals surface area contributed by atoms with E-state index in [1.54, 1.807) is 0 Å². The van der Waals surface area contributed by atoms with Crippen molar-refractivity contribution in [2.24, 2.45) is 16.6 Å². The summed E-state index contributed by atoms with van der Waals surface area (Å²) in [5, 5.41) is 3.20. The number of nitrogens with zero attached hydrogens (tertiary/aromatic N) is 1. The van der Waals surface area contributed by atoms with Crippen molar-refractivity contribution < 1.29 is 0 Å². The minimum absolute atomic E-state index is 0. The van der Waals surface area contributed by atoms with Gasteiger partial charge in [0.1, 0.15) is 0 Å². The number of rotatable bonds is 5. The van der Waals surface area contributed by atoms with E-state index in [4.69, 9.17) is 5.73 Å². The van der Waals surface area contributed by atoms with E-state index in [2.05, 4.69) is 28.5 Å². The monoisotopic (exact) mass is 385 g/mol. The molecule has 0 spiro atoms. The fourth-order valence-corrected chi connectivity index (χ4v) is 2.82. The van der Waals surface area contributed by atoms with Crippen LogP contribution in [0.5, 0.6) is 0 Å². The van der Waals surface area contributed by atoms with E-state index in [0.29, 0.717) is 5.96 Å². The molecule has 0 atom stereocenters. The third-order valence-electron chi connectivity index (χ3n) is 4.12. The molecule has 1 aromatic rings. The molecule has 110 valence electrons. The van der Waals surface area contributed by atoms with Gasteiger partial charge in [-0.15, -0.1) is 24.0 Å². The minimum atomic E-state index is 0. The number of hydrogen-bond donors (Lipinski definition) is 2. The number of halogens is 1. The molecule has 1 aromatic carbocycles. The van der Waals surface area contributed by atoms with Gasteiger partial charge in [0.05, 0.1) is 0 Å². The van der Waals surface area contributed by atoms with Gasteiger partial charge < -0.3 is 11.1 Å². The van der Waals surface area contributed by atoms with Gasteiger partial charge in [0.15, 0.2) is 5.96 Å². The van der Waals surface area contributed by atoms with Crippen molar-refractivity contribution >= 4 is 35.6 Å². The third kappa shape index (κ3) is 4.36. The Balaban J connectivity index is 0.00000147. The number of nitrogens with two attached hydrogens (primary N) is 1. The molecule has 1 fully saturated rings. The van der Waals surface area contributed by atoms with Gasteiger partial charge in [-0.25, -0.2) is 0 Å². The normalized spacial score (nSPS) is 17.5. The molecule has 0 amide bonds. The maximum Gasteiger partial charge on any atom is 0.193 e. The molecule has 0 aliphatic heterocycles. The van der Waals surface area contributed by atoms with Gasteiger partial charge in [-0.3, -0.25) is 4.99 Å². The van der Waals surface area contributed by atoms with Crippen LogP contribution in [0.2, 0.25) is 0 Å². The zero-order valence-electron chi connectivity index (χ0n) is 11.9. The zero-order chi connectivity index (χ0) is 13.1. The van der Waals surface area contributed by atoms with E-state index < -0.39 is 0 Å². The largest absolute Gasteiger partial charge is 0.370 e. The number of hydrogen-bond acceptors (Lipinski definition) is 1. The molecule has 3 rings (SSSR count). The number of benzene rings is 1. The molecule has 1 saturated carbocycles. The lowest BCUT2D eigenvalue weighted by Crippen LogP contribution is -2.23. The molecule has 3 nitrogen and oxygen atoms in total. The maximum absolute atomic E-state index is 5.92. The van der Waals surface area contributed by atoms with E-state index in [-0.39, 0.29) is 24.0 Å². The molecule has 0 saturated heterocycles. The highest BCUT2D eigenvalue weighted by Gasteiger charge is 2.19. The van der Waals surface area contributed by atoms with Gasteiger partial charge in [-0.2, -0.15) is 0 Å². The summed E-state index contributed by atoms with van der Waals surface area (Å²) in [5.74, 6) is 1.54. The number of aryl methyl sites for hydroxylation is 2. The number of aliphatic imine (C=N–C) groups is 1. The second-order valence-corrected chi connectivity index (χ2v) is 5.81. The van der Waals surface area contributed by atoms with E-state index in [9.17, 15) is 0 Å². The van der Waals surface area contributed by atoms with Crippen molar-refractivity contribution in [3.63, 3.8) is 0 Å². The first-order chi connectivity index (χ1) is 9.31. The number of nitrogens with one attached hydrogen (secondary N) is 1. The first kappa shape index (κ1) is 15.6. The second kappa shape index (κ2) is 7.29. The SMILES string of the molecule is I.NC(=NCCCC1CC1)Nc1ccc2c(c1)CCC2. The van der Waals surface area contributed by atoms with Crippen LogP contribution in [-0.4, -0.2) is 12.5 Å². The van der Waals surface area contributed by atoms with Crippen LogP contribution in [0.3, 0.4) is 0 Å². The van der Waals surface area contributed by atoms with Gasteiger partial charge in [0.2, 0.25) is 0 Å². The van der Waals surface area contributed by atoms with Gasteiger partial charge >= 0.3 is 0 Å². The van der Waals surface area contributed by atoms with Gasteiger partial charge in [0, 0.05) is 12.2 Å². The van der Waals surface area contributed by atoms with E-state index in [1.807, 2.05) is 0 Å². The van der Waals surface area contributed by atoms with Gasteiger partial charge in [-0.05, 0) is 61.3 Å². The Bertz CT molecular complexity index is 481. The van der Waals surface area contributed by atoms with Crippen LogP contribution >= 0.6 is 24.0 Å². The standard InChI is InChI=1S/C16H23N3.HI/c17-16(18-10-2-3-12-6-7-12)19-15-9-8-13-4-1-5-14(13)11-15;/h8-9,11-12H,1-7,10H2,(H3,17,18,19);1H. The third-order valence-corrected chi connectivity index (χ3v) is 4.12. The van der Waals surface area contributed by atoms with Crippen molar-refractivity contribution in [1.82, 2.24) is 0 Å². The maximum atomic E-state index is 5.92. The summed E-state index contributed by atoms with van der Waals surface area (Å²) in [5.41, 5.74) is 9.95. The van der Waals surface area contributed by atoms with Crippen LogP contribution in [0.1, 0.15) is 43.2 Å². The average Bonchev–Trinajstić information content (AvgIpc) is 3.11. The van der Waals surface area contributed by atoms with Crippen molar-refractivity contribution in [3.8, 4) is 0 Å². The van der Waals surface area contributed by atoms with Crippen LogP contribution in [0.25, 0.3) is 0 Å². The topological polar surface area (TPSA) is 50.4 Å². The number of guanidine groups is 1. The summed E-state index contributed by atoms with van der Waals surface area (Å²) >= 11 is 0. The molecule has 20 heavy (non-hydrogen) atoms. The lowest BCUT2D eigenvalue weighted by atomic mass is 10.1. The van der Waals surface area contributed by atoms with E-state index in [1.165, 1.54) is 49.7 Å². The highest BCUT2D eigenvalue weighted by molar-refractivity contribution is 14.0.